The van der Waals surface area contributed by atoms with Crippen molar-refractivity contribution in [3.8, 4) is 0 Å². The van der Waals surface area contributed by atoms with Gasteiger partial charge in [-0.25, -0.2) is 0 Å². The lowest BCUT2D eigenvalue weighted by Gasteiger charge is -2.28. The Morgan fingerprint density at radius 2 is 2.25 bits per heavy atom. The van der Waals surface area contributed by atoms with Gasteiger partial charge in [-0.1, -0.05) is 18.1 Å². The predicted molar refractivity (Wildman–Crippen MR) is 81.5 cm³/mol. The minimum Gasteiger partial charge on any atom is -0.466 e. The zero-order chi connectivity index (χ0) is 14.2. The molecular weight excluding hydrogens is 250 g/mol. The van der Waals surface area contributed by atoms with Crippen molar-refractivity contribution in [3.05, 3.63) is 11.6 Å². The Morgan fingerprint density at radius 1 is 1.35 bits per heavy atom. The summed E-state index contributed by atoms with van der Waals surface area (Å²) in [6.45, 7) is 3.45. The summed E-state index contributed by atoms with van der Waals surface area (Å²) in [5.74, 6) is 0.129. The number of ether oxygens (including phenoxy) is 1. The Balaban J connectivity index is 1.67. The Kier molecular flexibility index (Phi) is 6.58. The summed E-state index contributed by atoms with van der Waals surface area (Å²) in [6, 6.07) is 0.502. The molecule has 0 aliphatic heterocycles. The highest BCUT2D eigenvalue weighted by Gasteiger charge is 2.27. The maximum Gasteiger partial charge on any atom is 0.308 e. The van der Waals surface area contributed by atoms with E-state index in [0.717, 1.165) is 25.8 Å². The first-order valence-corrected chi connectivity index (χ1v) is 8.37. The number of hydrogen-bond acceptors (Lipinski definition) is 3. The van der Waals surface area contributed by atoms with Crippen LogP contribution in [0.2, 0.25) is 0 Å². The Labute approximate surface area is 123 Å². The summed E-state index contributed by atoms with van der Waals surface area (Å²) in [6.07, 6.45) is 13.2. The number of carbonyl (C=O) groups is 1. The van der Waals surface area contributed by atoms with E-state index in [-0.39, 0.29) is 11.9 Å². The van der Waals surface area contributed by atoms with Crippen molar-refractivity contribution < 1.29 is 9.53 Å². The van der Waals surface area contributed by atoms with E-state index in [9.17, 15) is 4.79 Å². The standard InChI is InChI=1S/C17H29NO2/c1-2-20-17(19)15-9-6-10-16(13-15)18-12-11-14-7-4-3-5-8-14/h7,15-16,18H,2-6,8-13H2,1H3. The molecule has 0 spiro atoms. The topological polar surface area (TPSA) is 38.3 Å². The fourth-order valence-corrected chi connectivity index (χ4v) is 3.42. The van der Waals surface area contributed by atoms with Crippen molar-refractivity contribution in [2.75, 3.05) is 13.2 Å². The van der Waals surface area contributed by atoms with Crippen LogP contribution in [0.15, 0.2) is 11.6 Å². The molecule has 1 N–H and O–H groups in total. The molecule has 0 radical (unpaired) electrons. The third-order valence-corrected chi connectivity index (χ3v) is 4.56. The van der Waals surface area contributed by atoms with Crippen LogP contribution < -0.4 is 5.32 Å². The Morgan fingerprint density at radius 3 is 3.00 bits per heavy atom. The van der Waals surface area contributed by atoms with Gasteiger partial charge in [-0.3, -0.25) is 4.79 Å². The molecule has 0 aromatic heterocycles. The van der Waals surface area contributed by atoms with E-state index in [1.807, 2.05) is 6.92 Å². The molecule has 0 aromatic carbocycles. The third kappa shape index (κ3) is 4.93. The molecule has 2 atom stereocenters. The van der Waals surface area contributed by atoms with Gasteiger partial charge in [-0.2, -0.15) is 0 Å². The van der Waals surface area contributed by atoms with Crippen molar-refractivity contribution in [2.45, 2.75) is 70.8 Å². The van der Waals surface area contributed by atoms with E-state index in [4.69, 9.17) is 4.74 Å². The molecule has 114 valence electrons. The quantitative estimate of drug-likeness (QED) is 0.596. The number of nitrogens with one attached hydrogen (secondary N) is 1. The number of esters is 1. The minimum absolute atomic E-state index is 0.00832. The summed E-state index contributed by atoms with van der Waals surface area (Å²) < 4.78 is 5.15. The minimum atomic E-state index is 0.00832. The van der Waals surface area contributed by atoms with Gasteiger partial charge in [-0.05, 0) is 64.8 Å². The highest BCUT2D eigenvalue weighted by atomic mass is 16.5. The van der Waals surface area contributed by atoms with Crippen LogP contribution >= 0.6 is 0 Å². The molecule has 1 saturated carbocycles. The van der Waals surface area contributed by atoms with E-state index in [2.05, 4.69) is 11.4 Å². The lowest BCUT2D eigenvalue weighted by atomic mass is 9.85. The molecule has 0 saturated heterocycles. The lowest BCUT2D eigenvalue weighted by molar-refractivity contribution is -0.149. The summed E-state index contributed by atoms with van der Waals surface area (Å²) >= 11 is 0. The van der Waals surface area contributed by atoms with Crippen LogP contribution in [0.4, 0.5) is 0 Å². The molecule has 2 aliphatic rings. The number of hydrogen-bond donors (Lipinski definition) is 1. The smallest absolute Gasteiger partial charge is 0.308 e. The molecule has 20 heavy (non-hydrogen) atoms. The van der Waals surface area contributed by atoms with E-state index in [1.54, 1.807) is 5.57 Å². The van der Waals surface area contributed by atoms with E-state index < -0.39 is 0 Å². The van der Waals surface area contributed by atoms with Gasteiger partial charge >= 0.3 is 5.97 Å². The third-order valence-electron chi connectivity index (χ3n) is 4.56. The van der Waals surface area contributed by atoms with Crippen LogP contribution in [0.1, 0.15) is 64.7 Å². The Hall–Kier alpha value is -0.830. The van der Waals surface area contributed by atoms with Crippen LogP contribution in [0.5, 0.6) is 0 Å². The van der Waals surface area contributed by atoms with Crippen molar-refractivity contribution in [3.63, 3.8) is 0 Å². The van der Waals surface area contributed by atoms with Crippen LogP contribution in [-0.4, -0.2) is 25.2 Å². The van der Waals surface area contributed by atoms with E-state index in [0.29, 0.717) is 12.6 Å². The maximum absolute atomic E-state index is 11.8. The second-order valence-electron chi connectivity index (χ2n) is 6.12. The fourth-order valence-electron chi connectivity index (χ4n) is 3.42. The summed E-state index contributed by atoms with van der Waals surface area (Å²) in [4.78, 5) is 11.8. The van der Waals surface area contributed by atoms with Crippen LogP contribution in [0.25, 0.3) is 0 Å². The van der Waals surface area contributed by atoms with E-state index in [1.165, 1.54) is 38.5 Å². The number of rotatable bonds is 6. The SMILES string of the molecule is CCOC(=O)C1CCCC(NCCC2=CCCCC2)C1. The van der Waals surface area contributed by atoms with Crippen LogP contribution in [-0.2, 0) is 9.53 Å². The van der Waals surface area contributed by atoms with Crippen molar-refractivity contribution in [2.24, 2.45) is 5.92 Å². The summed E-state index contributed by atoms with van der Waals surface area (Å²) in [7, 11) is 0. The second kappa shape index (κ2) is 8.46. The molecule has 2 rings (SSSR count). The molecule has 0 bridgehead atoms. The van der Waals surface area contributed by atoms with Gasteiger partial charge in [0.1, 0.15) is 0 Å². The summed E-state index contributed by atoms with van der Waals surface area (Å²) in [5.41, 5.74) is 1.63. The first kappa shape index (κ1) is 15.6. The van der Waals surface area contributed by atoms with Crippen molar-refractivity contribution >= 4 is 5.97 Å². The van der Waals surface area contributed by atoms with Crippen LogP contribution in [0.3, 0.4) is 0 Å². The average molecular weight is 279 g/mol. The predicted octanol–water partition coefficient (Wildman–Crippen LogP) is 3.59. The monoisotopic (exact) mass is 279 g/mol. The molecule has 0 aromatic rings. The van der Waals surface area contributed by atoms with Gasteiger partial charge < -0.3 is 10.1 Å². The fraction of sp³-hybridized carbons (Fsp3) is 0.824. The van der Waals surface area contributed by atoms with Gasteiger partial charge in [0.25, 0.3) is 0 Å². The second-order valence-corrected chi connectivity index (χ2v) is 6.12. The zero-order valence-corrected chi connectivity index (χ0v) is 12.8. The van der Waals surface area contributed by atoms with Gasteiger partial charge in [0, 0.05) is 6.04 Å². The molecular formula is C17H29NO2. The Bertz CT molecular complexity index is 338. The van der Waals surface area contributed by atoms with Crippen LogP contribution in [0, 0.1) is 5.92 Å². The van der Waals surface area contributed by atoms with Gasteiger partial charge in [-0.15, -0.1) is 0 Å². The average Bonchev–Trinajstić information content (AvgIpc) is 2.49. The molecule has 0 amide bonds. The van der Waals surface area contributed by atoms with Crippen molar-refractivity contribution in [1.29, 1.82) is 0 Å². The summed E-state index contributed by atoms with van der Waals surface area (Å²) in [5, 5.41) is 3.65. The molecule has 2 aliphatic carbocycles. The van der Waals surface area contributed by atoms with Crippen molar-refractivity contribution in [1.82, 2.24) is 5.32 Å². The lowest BCUT2D eigenvalue weighted by Crippen LogP contribution is -2.37. The number of carbonyl (C=O) groups excluding carboxylic acids is 1. The molecule has 3 nitrogen and oxygen atoms in total. The highest BCUT2D eigenvalue weighted by molar-refractivity contribution is 5.72. The first-order chi connectivity index (χ1) is 9.79. The normalized spacial score (nSPS) is 26.9. The van der Waals surface area contributed by atoms with E-state index >= 15 is 0 Å². The maximum atomic E-state index is 11.8. The number of allylic oxidation sites excluding steroid dienone is 1. The molecule has 3 heteroatoms. The van der Waals surface area contributed by atoms with Gasteiger partial charge in [0.05, 0.1) is 12.5 Å². The van der Waals surface area contributed by atoms with Gasteiger partial charge in [0.15, 0.2) is 0 Å². The van der Waals surface area contributed by atoms with Gasteiger partial charge in [0.2, 0.25) is 0 Å². The zero-order valence-electron chi connectivity index (χ0n) is 12.8. The highest BCUT2D eigenvalue weighted by Crippen LogP contribution is 2.26. The molecule has 2 unspecified atom stereocenters. The molecule has 0 heterocycles. The molecule has 1 fully saturated rings. The largest absolute Gasteiger partial charge is 0.466 e. The first-order valence-electron chi connectivity index (χ1n) is 8.37.